The molecule has 23 heavy (non-hydrogen) atoms. The normalized spacial score (nSPS) is 10.7. The van der Waals surface area contributed by atoms with Gasteiger partial charge < -0.3 is 9.47 Å². The molecule has 0 bridgehead atoms. The molecule has 0 saturated carbocycles. The Hall–Kier alpha value is -2.62. The molecule has 0 aliphatic rings. The lowest BCUT2D eigenvalue weighted by Crippen LogP contribution is -2.08. The predicted molar refractivity (Wildman–Crippen MR) is 91.3 cm³/mol. The highest BCUT2D eigenvalue weighted by molar-refractivity contribution is 5.74. The fourth-order valence-electron chi connectivity index (χ4n) is 2.02. The van der Waals surface area contributed by atoms with Crippen molar-refractivity contribution in [3.8, 4) is 11.5 Å². The average molecular weight is 311 g/mol. The Morgan fingerprint density at radius 3 is 2.74 bits per heavy atom. The number of aromatic nitrogens is 1. The Morgan fingerprint density at radius 1 is 1.17 bits per heavy atom. The summed E-state index contributed by atoms with van der Waals surface area (Å²) in [7, 11) is 1.56. The van der Waals surface area contributed by atoms with Crippen molar-refractivity contribution < 1.29 is 14.3 Å². The standard InChI is InChI=1S/C19H21NO3/c1-3-4-8-19(21)23-17-12-10-15(14-18(17)22-2)9-11-16-7-5-6-13-20-16/h5-7,9-14H,3-4,8H2,1-2H3/b11-9+. The van der Waals surface area contributed by atoms with E-state index in [0.717, 1.165) is 24.1 Å². The number of methoxy groups -OCH3 is 1. The van der Waals surface area contributed by atoms with Crippen LogP contribution in [0.4, 0.5) is 0 Å². The van der Waals surface area contributed by atoms with Crippen LogP contribution in [-0.2, 0) is 4.79 Å². The van der Waals surface area contributed by atoms with Crippen LogP contribution in [0.15, 0.2) is 42.6 Å². The number of benzene rings is 1. The number of nitrogens with zero attached hydrogens (tertiary/aromatic N) is 1. The second-order valence-corrected chi connectivity index (χ2v) is 5.08. The summed E-state index contributed by atoms with van der Waals surface area (Å²) in [4.78, 5) is 16.0. The molecule has 1 aromatic heterocycles. The van der Waals surface area contributed by atoms with Crippen LogP contribution in [0, 0.1) is 0 Å². The number of esters is 1. The maximum absolute atomic E-state index is 11.7. The number of hydrogen-bond acceptors (Lipinski definition) is 4. The van der Waals surface area contributed by atoms with Crippen molar-refractivity contribution in [2.45, 2.75) is 26.2 Å². The fourth-order valence-corrected chi connectivity index (χ4v) is 2.02. The molecule has 0 fully saturated rings. The third-order valence-corrected chi connectivity index (χ3v) is 3.28. The van der Waals surface area contributed by atoms with E-state index in [0.29, 0.717) is 17.9 Å². The van der Waals surface area contributed by atoms with Gasteiger partial charge in [-0.05, 0) is 42.3 Å². The first kappa shape index (κ1) is 16.7. The zero-order chi connectivity index (χ0) is 16.5. The van der Waals surface area contributed by atoms with E-state index in [9.17, 15) is 4.79 Å². The monoisotopic (exact) mass is 311 g/mol. The van der Waals surface area contributed by atoms with Gasteiger partial charge in [0, 0.05) is 12.6 Å². The number of ether oxygens (including phenoxy) is 2. The van der Waals surface area contributed by atoms with Gasteiger partial charge in [-0.1, -0.05) is 31.6 Å². The Bertz CT molecular complexity index is 666. The molecule has 0 aliphatic heterocycles. The summed E-state index contributed by atoms with van der Waals surface area (Å²) in [6, 6.07) is 11.2. The van der Waals surface area contributed by atoms with Gasteiger partial charge in [0.05, 0.1) is 12.8 Å². The lowest BCUT2D eigenvalue weighted by atomic mass is 10.1. The van der Waals surface area contributed by atoms with Crippen molar-refractivity contribution in [1.29, 1.82) is 0 Å². The zero-order valence-corrected chi connectivity index (χ0v) is 13.5. The van der Waals surface area contributed by atoms with Crippen LogP contribution in [-0.4, -0.2) is 18.1 Å². The summed E-state index contributed by atoms with van der Waals surface area (Å²) in [6.07, 6.45) is 7.81. The third-order valence-electron chi connectivity index (χ3n) is 3.28. The van der Waals surface area contributed by atoms with Crippen LogP contribution in [0.25, 0.3) is 12.2 Å². The van der Waals surface area contributed by atoms with Crippen molar-refractivity contribution in [2.75, 3.05) is 7.11 Å². The highest BCUT2D eigenvalue weighted by atomic mass is 16.6. The minimum absolute atomic E-state index is 0.234. The van der Waals surface area contributed by atoms with Gasteiger partial charge >= 0.3 is 5.97 Å². The first-order valence-electron chi connectivity index (χ1n) is 7.70. The minimum Gasteiger partial charge on any atom is -0.493 e. The molecule has 4 nitrogen and oxygen atoms in total. The molecule has 2 aromatic rings. The maximum atomic E-state index is 11.7. The Labute approximate surface area is 136 Å². The van der Waals surface area contributed by atoms with Crippen molar-refractivity contribution in [3.63, 3.8) is 0 Å². The quantitative estimate of drug-likeness (QED) is 0.563. The highest BCUT2D eigenvalue weighted by Gasteiger charge is 2.10. The number of pyridine rings is 1. The molecule has 1 aromatic carbocycles. The zero-order valence-electron chi connectivity index (χ0n) is 13.5. The molecule has 1 heterocycles. The van der Waals surface area contributed by atoms with Crippen molar-refractivity contribution in [3.05, 3.63) is 53.9 Å². The van der Waals surface area contributed by atoms with Gasteiger partial charge in [0.1, 0.15) is 0 Å². The molecular weight excluding hydrogens is 290 g/mol. The number of unbranched alkanes of at least 4 members (excludes halogenated alkanes) is 1. The Kier molecular flexibility index (Phi) is 6.36. The minimum atomic E-state index is -0.234. The molecule has 0 atom stereocenters. The van der Waals surface area contributed by atoms with Crippen LogP contribution < -0.4 is 9.47 Å². The Morgan fingerprint density at radius 2 is 2.04 bits per heavy atom. The van der Waals surface area contributed by atoms with Gasteiger partial charge in [-0.2, -0.15) is 0 Å². The van der Waals surface area contributed by atoms with E-state index >= 15 is 0 Å². The van der Waals surface area contributed by atoms with Crippen molar-refractivity contribution in [1.82, 2.24) is 4.98 Å². The topological polar surface area (TPSA) is 48.4 Å². The van der Waals surface area contributed by atoms with E-state index in [4.69, 9.17) is 9.47 Å². The molecule has 0 unspecified atom stereocenters. The van der Waals surface area contributed by atoms with E-state index in [2.05, 4.69) is 4.98 Å². The van der Waals surface area contributed by atoms with Gasteiger partial charge in [-0.15, -0.1) is 0 Å². The van der Waals surface area contributed by atoms with Crippen LogP contribution in [0.3, 0.4) is 0 Å². The summed E-state index contributed by atoms with van der Waals surface area (Å²) in [5, 5.41) is 0. The van der Waals surface area contributed by atoms with E-state index in [1.807, 2.05) is 49.4 Å². The summed E-state index contributed by atoms with van der Waals surface area (Å²) < 4.78 is 10.7. The van der Waals surface area contributed by atoms with Crippen LogP contribution in [0.5, 0.6) is 11.5 Å². The van der Waals surface area contributed by atoms with Gasteiger partial charge in [0.25, 0.3) is 0 Å². The van der Waals surface area contributed by atoms with Crippen LogP contribution in [0.1, 0.15) is 37.4 Å². The molecule has 0 spiro atoms. The van der Waals surface area contributed by atoms with Gasteiger partial charge in [-0.25, -0.2) is 0 Å². The van der Waals surface area contributed by atoms with Gasteiger partial charge in [0.2, 0.25) is 0 Å². The second-order valence-electron chi connectivity index (χ2n) is 5.08. The highest BCUT2D eigenvalue weighted by Crippen LogP contribution is 2.29. The molecular formula is C19H21NO3. The number of rotatable bonds is 7. The molecule has 0 radical (unpaired) electrons. The SMILES string of the molecule is CCCCC(=O)Oc1ccc(/C=C/c2ccccn2)cc1OC. The summed E-state index contributed by atoms with van der Waals surface area (Å²) in [5.74, 6) is 0.753. The van der Waals surface area contributed by atoms with Crippen LogP contribution in [0.2, 0.25) is 0 Å². The van der Waals surface area contributed by atoms with Crippen molar-refractivity contribution >= 4 is 18.1 Å². The summed E-state index contributed by atoms with van der Waals surface area (Å²) in [5.41, 5.74) is 1.82. The Balaban J connectivity index is 2.10. The third kappa shape index (κ3) is 5.25. The molecule has 0 aliphatic carbocycles. The first-order valence-corrected chi connectivity index (χ1v) is 7.70. The van der Waals surface area contributed by atoms with E-state index in [-0.39, 0.29) is 5.97 Å². The lowest BCUT2D eigenvalue weighted by molar-refractivity contribution is -0.134. The number of carbonyl (C=O) groups is 1. The van der Waals surface area contributed by atoms with E-state index < -0.39 is 0 Å². The van der Waals surface area contributed by atoms with E-state index in [1.54, 1.807) is 19.4 Å². The van der Waals surface area contributed by atoms with Crippen LogP contribution >= 0.6 is 0 Å². The van der Waals surface area contributed by atoms with Gasteiger partial charge in [0.15, 0.2) is 11.5 Å². The van der Waals surface area contributed by atoms with Gasteiger partial charge in [-0.3, -0.25) is 9.78 Å². The first-order chi connectivity index (χ1) is 11.2. The lowest BCUT2D eigenvalue weighted by Gasteiger charge is -2.09. The molecule has 2 rings (SSSR count). The molecule has 120 valence electrons. The predicted octanol–water partition coefficient (Wildman–Crippen LogP) is 4.36. The second kappa shape index (κ2) is 8.73. The summed E-state index contributed by atoms with van der Waals surface area (Å²) in [6.45, 7) is 2.04. The fraction of sp³-hybridized carbons (Fsp3) is 0.263. The average Bonchev–Trinajstić information content (AvgIpc) is 2.60. The molecule has 0 amide bonds. The number of carbonyl (C=O) groups excluding carboxylic acids is 1. The largest absolute Gasteiger partial charge is 0.493 e. The van der Waals surface area contributed by atoms with E-state index in [1.165, 1.54) is 0 Å². The molecule has 0 saturated heterocycles. The molecule has 0 N–H and O–H groups in total. The number of hydrogen-bond donors (Lipinski definition) is 0. The van der Waals surface area contributed by atoms with Crippen molar-refractivity contribution in [2.24, 2.45) is 0 Å². The smallest absolute Gasteiger partial charge is 0.311 e. The molecule has 4 heteroatoms. The summed E-state index contributed by atoms with van der Waals surface area (Å²) >= 11 is 0. The maximum Gasteiger partial charge on any atom is 0.311 e.